The van der Waals surface area contributed by atoms with Gasteiger partial charge in [0.15, 0.2) is 5.16 Å². The largest absolute Gasteiger partial charge is 0.353 e. The lowest BCUT2D eigenvalue weighted by Crippen LogP contribution is -2.37. The molecule has 1 fully saturated rings. The highest BCUT2D eigenvalue weighted by molar-refractivity contribution is 7.99. The van der Waals surface area contributed by atoms with Crippen LogP contribution in [0.15, 0.2) is 52.4 Å². The van der Waals surface area contributed by atoms with Crippen LogP contribution in [0.25, 0.3) is 27.6 Å². The first-order valence-electron chi connectivity index (χ1n) is 11.5. The number of hydrogen-bond donors (Lipinski definition) is 2. The number of aromatic amines is 1. The molecule has 0 spiro atoms. The number of thioether (sulfide) groups is 1. The summed E-state index contributed by atoms with van der Waals surface area (Å²) in [6, 6.07) is 14.0. The van der Waals surface area contributed by atoms with Gasteiger partial charge in [-0.3, -0.25) is 14.2 Å². The molecule has 2 aromatic heterocycles. The van der Waals surface area contributed by atoms with E-state index >= 15 is 0 Å². The van der Waals surface area contributed by atoms with Crippen LogP contribution in [0.2, 0.25) is 0 Å². The maximum absolute atomic E-state index is 13.7. The third kappa shape index (κ3) is 4.17. The Balaban J connectivity index is 1.57. The van der Waals surface area contributed by atoms with Gasteiger partial charge in [0.25, 0.3) is 5.56 Å². The zero-order chi connectivity index (χ0) is 22.9. The number of carbonyl (C=O) groups is 1. The second kappa shape index (κ2) is 9.06. The zero-order valence-corrected chi connectivity index (χ0v) is 19.8. The summed E-state index contributed by atoms with van der Waals surface area (Å²) in [5, 5.41) is 4.60. The molecular weight excluding hydrogens is 432 g/mol. The molecule has 0 saturated heterocycles. The van der Waals surface area contributed by atoms with Crippen LogP contribution >= 0.6 is 11.8 Å². The van der Waals surface area contributed by atoms with Crippen molar-refractivity contribution in [3.05, 3.63) is 63.9 Å². The summed E-state index contributed by atoms with van der Waals surface area (Å²) in [6.45, 7) is 4.04. The number of amides is 1. The molecule has 0 atom stereocenters. The fraction of sp³-hybridized carbons (Fsp3) is 0.346. The number of aryl methyl sites for hydroxylation is 1. The van der Waals surface area contributed by atoms with E-state index in [-0.39, 0.29) is 23.3 Å². The predicted molar refractivity (Wildman–Crippen MR) is 134 cm³/mol. The summed E-state index contributed by atoms with van der Waals surface area (Å²) < 4.78 is 1.65. The molecular formula is C26H28N4O2S. The number of aromatic nitrogens is 3. The van der Waals surface area contributed by atoms with E-state index in [4.69, 9.17) is 4.98 Å². The lowest BCUT2D eigenvalue weighted by Gasteiger charge is -2.22. The number of H-pyrrole nitrogens is 1. The van der Waals surface area contributed by atoms with Crippen LogP contribution in [0.5, 0.6) is 0 Å². The van der Waals surface area contributed by atoms with E-state index < -0.39 is 0 Å². The van der Waals surface area contributed by atoms with Crippen LogP contribution in [-0.2, 0) is 4.79 Å². The average molecular weight is 461 g/mol. The third-order valence-electron chi connectivity index (χ3n) is 6.61. The summed E-state index contributed by atoms with van der Waals surface area (Å²) >= 11 is 1.32. The minimum absolute atomic E-state index is 0.00677. The molecule has 1 aliphatic carbocycles. The highest BCUT2D eigenvalue weighted by Crippen LogP contribution is 2.28. The Bertz CT molecular complexity index is 1400. The Morgan fingerprint density at radius 3 is 2.73 bits per heavy atom. The fourth-order valence-electron chi connectivity index (χ4n) is 4.68. The minimum atomic E-state index is -0.153. The van der Waals surface area contributed by atoms with Gasteiger partial charge in [-0.2, -0.15) is 0 Å². The number of hydrogen-bond acceptors (Lipinski definition) is 4. The van der Waals surface area contributed by atoms with Gasteiger partial charge in [0.2, 0.25) is 5.91 Å². The van der Waals surface area contributed by atoms with Gasteiger partial charge >= 0.3 is 0 Å². The van der Waals surface area contributed by atoms with E-state index in [9.17, 15) is 9.59 Å². The molecule has 33 heavy (non-hydrogen) atoms. The quantitative estimate of drug-likeness (QED) is 0.324. The number of carbonyl (C=O) groups excluding carboxylic acids is 1. The third-order valence-corrected chi connectivity index (χ3v) is 7.55. The molecule has 1 aliphatic rings. The van der Waals surface area contributed by atoms with Crippen molar-refractivity contribution < 1.29 is 4.79 Å². The minimum Gasteiger partial charge on any atom is -0.353 e. The number of para-hydroxylation sites is 1. The van der Waals surface area contributed by atoms with Gasteiger partial charge in [-0.1, -0.05) is 61.4 Å². The van der Waals surface area contributed by atoms with Gasteiger partial charge in [-0.15, -0.1) is 0 Å². The van der Waals surface area contributed by atoms with Gasteiger partial charge in [-0.05, 0) is 49.9 Å². The van der Waals surface area contributed by atoms with E-state index in [0.717, 1.165) is 40.6 Å². The fourth-order valence-corrected chi connectivity index (χ4v) is 5.49. The van der Waals surface area contributed by atoms with E-state index in [0.29, 0.717) is 16.2 Å². The maximum atomic E-state index is 13.7. The normalized spacial score (nSPS) is 14.7. The van der Waals surface area contributed by atoms with Crippen molar-refractivity contribution >= 4 is 39.6 Å². The summed E-state index contributed by atoms with van der Waals surface area (Å²) in [7, 11) is 0. The van der Waals surface area contributed by atoms with Gasteiger partial charge in [0, 0.05) is 16.9 Å². The second-order valence-electron chi connectivity index (χ2n) is 8.84. The Labute approximate surface area is 196 Å². The predicted octanol–water partition coefficient (Wildman–Crippen LogP) is 5.02. The van der Waals surface area contributed by atoms with Crippen LogP contribution in [-0.4, -0.2) is 32.2 Å². The van der Waals surface area contributed by atoms with Gasteiger partial charge < -0.3 is 10.3 Å². The van der Waals surface area contributed by atoms with Gasteiger partial charge in [0.05, 0.1) is 11.4 Å². The summed E-state index contributed by atoms with van der Waals surface area (Å²) in [6.07, 6.45) is 5.68. The molecule has 5 rings (SSSR count). The molecule has 0 aliphatic heterocycles. The van der Waals surface area contributed by atoms with Crippen molar-refractivity contribution in [1.82, 2.24) is 19.9 Å². The molecule has 2 heterocycles. The first kappa shape index (κ1) is 21.8. The zero-order valence-electron chi connectivity index (χ0n) is 19.0. The lowest BCUT2D eigenvalue weighted by molar-refractivity contribution is -0.119. The van der Waals surface area contributed by atoms with Gasteiger partial charge in [0.1, 0.15) is 11.0 Å². The van der Waals surface area contributed by atoms with Crippen LogP contribution in [0.4, 0.5) is 0 Å². The Hall–Kier alpha value is -3.06. The van der Waals surface area contributed by atoms with E-state index in [1.54, 1.807) is 4.57 Å². The first-order valence-corrected chi connectivity index (χ1v) is 12.5. The highest BCUT2D eigenvalue weighted by Gasteiger charge is 2.20. The lowest BCUT2D eigenvalue weighted by atomic mass is 9.95. The molecule has 4 aromatic rings. The Morgan fingerprint density at radius 2 is 1.91 bits per heavy atom. The molecule has 0 bridgehead atoms. The van der Waals surface area contributed by atoms with Crippen molar-refractivity contribution in [2.75, 3.05) is 5.75 Å². The summed E-state index contributed by atoms with van der Waals surface area (Å²) in [5.41, 5.74) is 4.76. The van der Waals surface area contributed by atoms with Crippen molar-refractivity contribution in [3.63, 3.8) is 0 Å². The van der Waals surface area contributed by atoms with Crippen molar-refractivity contribution in [2.45, 2.75) is 57.1 Å². The Kier molecular flexibility index (Phi) is 5.98. The SMILES string of the molecule is Cc1cccc(-n2c(SCC(=O)NC3CCCCC3)nc3c([nH]c4ccccc43)c2=O)c1C. The summed E-state index contributed by atoms with van der Waals surface area (Å²) in [4.78, 5) is 34.6. The molecule has 170 valence electrons. The molecule has 2 N–H and O–H groups in total. The molecule has 6 nitrogen and oxygen atoms in total. The second-order valence-corrected chi connectivity index (χ2v) is 9.78. The number of nitrogens with one attached hydrogen (secondary N) is 2. The van der Waals surface area contributed by atoms with Crippen LogP contribution in [0.1, 0.15) is 43.2 Å². The molecule has 7 heteroatoms. The molecule has 0 radical (unpaired) electrons. The highest BCUT2D eigenvalue weighted by atomic mass is 32.2. The molecule has 0 unspecified atom stereocenters. The summed E-state index contributed by atoms with van der Waals surface area (Å²) in [5.74, 6) is 0.217. The smallest absolute Gasteiger partial charge is 0.283 e. The van der Waals surface area contributed by atoms with E-state index in [2.05, 4.69) is 10.3 Å². The molecule has 1 amide bonds. The van der Waals surface area contributed by atoms with Gasteiger partial charge in [-0.25, -0.2) is 4.98 Å². The van der Waals surface area contributed by atoms with Crippen molar-refractivity contribution in [2.24, 2.45) is 0 Å². The monoisotopic (exact) mass is 460 g/mol. The molecule has 1 saturated carbocycles. The number of nitrogens with zero attached hydrogens (tertiary/aromatic N) is 2. The standard InChI is InChI=1S/C26H28N4O2S/c1-16-9-8-14-21(17(16)2)30-25(32)24-23(19-12-6-7-13-20(19)28-24)29-26(30)33-15-22(31)27-18-10-4-3-5-11-18/h6-9,12-14,18,28H,3-5,10-11,15H2,1-2H3,(H,27,31). The maximum Gasteiger partial charge on any atom is 0.283 e. The van der Waals surface area contributed by atoms with E-state index in [1.807, 2.05) is 56.3 Å². The number of benzene rings is 2. The topological polar surface area (TPSA) is 79.8 Å². The first-order chi connectivity index (χ1) is 16.0. The van der Waals surface area contributed by atoms with Crippen LogP contribution < -0.4 is 10.9 Å². The van der Waals surface area contributed by atoms with E-state index in [1.165, 1.54) is 31.0 Å². The van der Waals surface area contributed by atoms with Crippen molar-refractivity contribution in [3.8, 4) is 5.69 Å². The average Bonchev–Trinajstić information content (AvgIpc) is 3.20. The molecule has 2 aromatic carbocycles. The number of fused-ring (bicyclic) bond motifs is 3. The van der Waals surface area contributed by atoms with Crippen molar-refractivity contribution in [1.29, 1.82) is 0 Å². The van der Waals surface area contributed by atoms with Crippen LogP contribution in [0, 0.1) is 13.8 Å². The van der Waals surface area contributed by atoms with Crippen LogP contribution in [0.3, 0.4) is 0 Å². The Morgan fingerprint density at radius 1 is 1.12 bits per heavy atom. The number of rotatable bonds is 5.